The first-order valence-corrected chi connectivity index (χ1v) is 9.74. The lowest BCUT2D eigenvalue weighted by Gasteiger charge is -2.34. The highest BCUT2D eigenvalue weighted by molar-refractivity contribution is 7.20. The van der Waals surface area contributed by atoms with E-state index < -0.39 is 0 Å². The van der Waals surface area contributed by atoms with Crippen LogP contribution < -0.4 is 4.90 Å². The molecule has 9 heteroatoms. The Bertz CT molecular complexity index is 940. The van der Waals surface area contributed by atoms with E-state index in [4.69, 9.17) is 9.47 Å². The molecule has 4 heterocycles. The largest absolute Gasteiger partial charge is 0.462 e. The molecule has 1 saturated heterocycles. The van der Waals surface area contributed by atoms with Crippen LogP contribution in [0, 0.1) is 6.92 Å². The lowest BCUT2D eigenvalue weighted by Crippen LogP contribution is -2.44. The van der Waals surface area contributed by atoms with E-state index >= 15 is 0 Å². The quantitative estimate of drug-likeness (QED) is 0.621. The number of carbonyl (C=O) groups is 1. The molecule has 1 fully saturated rings. The van der Waals surface area contributed by atoms with Gasteiger partial charge in [0.15, 0.2) is 0 Å². The van der Waals surface area contributed by atoms with Crippen molar-refractivity contribution in [2.45, 2.75) is 26.5 Å². The van der Waals surface area contributed by atoms with Gasteiger partial charge < -0.3 is 14.4 Å². The van der Waals surface area contributed by atoms with Gasteiger partial charge in [0.1, 0.15) is 21.9 Å². The van der Waals surface area contributed by atoms with Crippen molar-refractivity contribution in [1.82, 2.24) is 19.7 Å². The van der Waals surface area contributed by atoms with E-state index in [-0.39, 0.29) is 12.1 Å². The van der Waals surface area contributed by atoms with E-state index in [1.165, 1.54) is 11.3 Å². The fraction of sp³-hybridized carbons (Fsp3) is 0.444. The van der Waals surface area contributed by atoms with Gasteiger partial charge in [-0.15, -0.1) is 11.3 Å². The Labute approximate surface area is 160 Å². The summed E-state index contributed by atoms with van der Waals surface area (Å²) in [7, 11) is 0. The standard InChI is InChI=1S/C18H21N5O3S/c1-3-25-18(24)15-12(2)14-16(19-11-20-17(14)27-15)22-7-8-26-13(9-22)10-23-6-4-5-21-23/h4-6,11,13H,3,7-10H2,1-2H3. The van der Waals surface area contributed by atoms with Gasteiger partial charge in [0.25, 0.3) is 0 Å². The third-order valence-corrected chi connectivity index (χ3v) is 5.74. The smallest absolute Gasteiger partial charge is 0.348 e. The van der Waals surface area contributed by atoms with E-state index in [0.717, 1.165) is 28.1 Å². The van der Waals surface area contributed by atoms with Crippen LogP contribution in [-0.2, 0) is 16.0 Å². The molecule has 0 spiro atoms. The van der Waals surface area contributed by atoms with E-state index in [1.54, 1.807) is 19.4 Å². The normalized spacial score (nSPS) is 17.4. The maximum absolute atomic E-state index is 12.2. The molecule has 0 N–H and O–H groups in total. The molecule has 142 valence electrons. The number of rotatable bonds is 5. The van der Waals surface area contributed by atoms with Gasteiger partial charge in [0.2, 0.25) is 0 Å². The van der Waals surface area contributed by atoms with E-state index in [9.17, 15) is 4.79 Å². The number of aryl methyl sites for hydroxylation is 1. The molecule has 3 aromatic rings. The van der Waals surface area contributed by atoms with Crippen molar-refractivity contribution in [1.29, 1.82) is 0 Å². The zero-order valence-corrected chi connectivity index (χ0v) is 16.1. The van der Waals surface area contributed by atoms with Gasteiger partial charge in [0, 0.05) is 25.5 Å². The Morgan fingerprint density at radius 1 is 1.44 bits per heavy atom. The molecule has 1 aliphatic heterocycles. The van der Waals surface area contributed by atoms with Crippen molar-refractivity contribution in [3.8, 4) is 0 Å². The van der Waals surface area contributed by atoms with E-state index in [2.05, 4.69) is 20.0 Å². The average Bonchev–Trinajstić information content (AvgIpc) is 3.30. The Hall–Kier alpha value is -2.52. The summed E-state index contributed by atoms with van der Waals surface area (Å²) < 4.78 is 13.0. The molecule has 4 rings (SSSR count). The highest BCUT2D eigenvalue weighted by atomic mass is 32.1. The molecule has 0 aliphatic carbocycles. The fourth-order valence-corrected chi connectivity index (χ4v) is 4.36. The molecule has 0 radical (unpaired) electrons. The zero-order chi connectivity index (χ0) is 18.8. The second kappa shape index (κ2) is 7.61. The molecule has 1 atom stereocenters. The molecule has 1 aliphatic rings. The first-order chi connectivity index (χ1) is 13.2. The molecule has 3 aromatic heterocycles. The molecule has 0 aromatic carbocycles. The minimum atomic E-state index is -0.303. The summed E-state index contributed by atoms with van der Waals surface area (Å²) in [5, 5.41) is 5.18. The molecule has 0 saturated carbocycles. The van der Waals surface area contributed by atoms with Crippen LogP contribution >= 0.6 is 11.3 Å². The second-order valence-corrected chi connectivity index (χ2v) is 7.32. The average molecular weight is 387 g/mol. The van der Waals surface area contributed by atoms with Gasteiger partial charge in [0.05, 0.1) is 31.2 Å². The van der Waals surface area contributed by atoms with Crippen LogP contribution in [0.2, 0.25) is 0 Å². The van der Waals surface area contributed by atoms with Gasteiger partial charge in [-0.2, -0.15) is 5.10 Å². The number of carbonyl (C=O) groups excluding carboxylic acids is 1. The van der Waals surface area contributed by atoms with E-state index in [0.29, 0.717) is 31.2 Å². The number of fused-ring (bicyclic) bond motifs is 1. The Balaban J connectivity index is 1.63. The maximum atomic E-state index is 12.2. The molecular formula is C18H21N5O3S. The van der Waals surface area contributed by atoms with Gasteiger partial charge >= 0.3 is 5.97 Å². The number of aromatic nitrogens is 4. The molecular weight excluding hydrogens is 366 g/mol. The number of hydrogen-bond donors (Lipinski definition) is 0. The Morgan fingerprint density at radius 2 is 2.33 bits per heavy atom. The topological polar surface area (TPSA) is 82.4 Å². The molecule has 27 heavy (non-hydrogen) atoms. The number of esters is 1. The highest BCUT2D eigenvalue weighted by Gasteiger charge is 2.26. The molecule has 1 unspecified atom stereocenters. The Kier molecular flexibility index (Phi) is 5.04. The highest BCUT2D eigenvalue weighted by Crippen LogP contribution is 2.35. The second-order valence-electron chi connectivity index (χ2n) is 6.32. The van der Waals surface area contributed by atoms with Crippen LogP contribution in [0.4, 0.5) is 5.82 Å². The number of hydrogen-bond acceptors (Lipinski definition) is 8. The third-order valence-electron chi connectivity index (χ3n) is 4.56. The summed E-state index contributed by atoms with van der Waals surface area (Å²) >= 11 is 1.36. The maximum Gasteiger partial charge on any atom is 0.348 e. The van der Waals surface area contributed by atoms with Crippen molar-refractivity contribution in [2.24, 2.45) is 0 Å². The first-order valence-electron chi connectivity index (χ1n) is 8.92. The Morgan fingerprint density at radius 3 is 3.11 bits per heavy atom. The first kappa shape index (κ1) is 17.9. The summed E-state index contributed by atoms with van der Waals surface area (Å²) in [5.41, 5.74) is 0.874. The van der Waals surface area contributed by atoms with Crippen LogP contribution in [0.15, 0.2) is 24.8 Å². The molecule has 0 amide bonds. The summed E-state index contributed by atoms with van der Waals surface area (Å²) in [6.07, 6.45) is 5.27. The monoisotopic (exact) mass is 387 g/mol. The summed E-state index contributed by atoms with van der Waals surface area (Å²) in [4.78, 5) is 24.7. The predicted octanol–water partition coefficient (Wildman–Crippen LogP) is 2.28. The van der Waals surface area contributed by atoms with Crippen molar-refractivity contribution < 1.29 is 14.3 Å². The molecule has 0 bridgehead atoms. The van der Waals surface area contributed by atoms with Crippen LogP contribution in [0.1, 0.15) is 22.2 Å². The van der Waals surface area contributed by atoms with Gasteiger partial charge in [-0.1, -0.05) is 0 Å². The predicted molar refractivity (Wildman–Crippen MR) is 102 cm³/mol. The number of morpholine rings is 1. The number of thiophene rings is 1. The summed E-state index contributed by atoms with van der Waals surface area (Å²) in [6, 6.07) is 1.90. The van der Waals surface area contributed by atoms with Crippen LogP contribution in [0.5, 0.6) is 0 Å². The third kappa shape index (κ3) is 3.52. The van der Waals surface area contributed by atoms with E-state index in [1.807, 2.05) is 23.9 Å². The summed E-state index contributed by atoms with van der Waals surface area (Å²) in [6.45, 7) is 6.84. The van der Waals surface area contributed by atoms with Crippen molar-refractivity contribution in [3.63, 3.8) is 0 Å². The van der Waals surface area contributed by atoms with Crippen molar-refractivity contribution >= 4 is 33.3 Å². The van der Waals surface area contributed by atoms with Crippen LogP contribution in [-0.4, -0.2) is 58.1 Å². The summed E-state index contributed by atoms with van der Waals surface area (Å²) in [5.74, 6) is 0.542. The lowest BCUT2D eigenvalue weighted by molar-refractivity contribution is 0.0272. The molecule has 8 nitrogen and oxygen atoms in total. The number of ether oxygens (including phenoxy) is 2. The van der Waals surface area contributed by atoms with Crippen LogP contribution in [0.3, 0.4) is 0 Å². The van der Waals surface area contributed by atoms with Crippen molar-refractivity contribution in [2.75, 3.05) is 31.2 Å². The van der Waals surface area contributed by atoms with Gasteiger partial charge in [-0.3, -0.25) is 4.68 Å². The van der Waals surface area contributed by atoms with Gasteiger partial charge in [-0.05, 0) is 25.5 Å². The van der Waals surface area contributed by atoms with Crippen molar-refractivity contribution in [3.05, 3.63) is 35.2 Å². The fourth-order valence-electron chi connectivity index (χ4n) is 3.32. The lowest BCUT2D eigenvalue weighted by atomic mass is 10.1. The zero-order valence-electron chi connectivity index (χ0n) is 15.3. The SMILES string of the molecule is CCOC(=O)c1sc2ncnc(N3CCOC(Cn4cccn4)C3)c2c1C. The van der Waals surface area contributed by atoms with Gasteiger partial charge in [-0.25, -0.2) is 14.8 Å². The van der Waals surface area contributed by atoms with Crippen LogP contribution in [0.25, 0.3) is 10.2 Å². The minimum Gasteiger partial charge on any atom is -0.462 e. The number of anilines is 1. The number of nitrogens with zero attached hydrogens (tertiary/aromatic N) is 5. The minimum absolute atomic E-state index is 0.0205.